The van der Waals surface area contributed by atoms with Gasteiger partial charge in [0.15, 0.2) is 0 Å². The predicted molar refractivity (Wildman–Crippen MR) is 72.4 cm³/mol. The van der Waals surface area contributed by atoms with Crippen molar-refractivity contribution in [1.82, 2.24) is 9.88 Å². The van der Waals surface area contributed by atoms with Gasteiger partial charge in [-0.1, -0.05) is 34.8 Å². The number of carbonyl (C=O) groups is 4. The van der Waals surface area contributed by atoms with Gasteiger partial charge in [-0.15, -0.1) is 0 Å². The number of halogens is 3. The molecule has 2 rings (SSSR count). The molecule has 21 heavy (non-hydrogen) atoms. The number of carboxylic acids is 1. The fourth-order valence-corrected chi connectivity index (χ4v) is 2.39. The van der Waals surface area contributed by atoms with Crippen molar-refractivity contribution in [3.05, 3.63) is 24.0 Å². The molecular weight excluding hydrogens is 346 g/mol. The number of alkyl halides is 3. The maximum absolute atomic E-state index is 12.0. The molecule has 2 N–H and O–H groups in total. The van der Waals surface area contributed by atoms with Gasteiger partial charge in [0.1, 0.15) is 0 Å². The molecule has 2 amide bonds. The minimum atomic E-state index is -2.32. The molecule has 0 bridgehead atoms. The largest absolute Gasteiger partial charge is 0.479 e. The van der Waals surface area contributed by atoms with Gasteiger partial charge in [-0.3, -0.25) is 19.7 Å². The first-order valence-electron chi connectivity index (χ1n) is 5.47. The third-order valence-corrected chi connectivity index (χ3v) is 3.56. The quantitative estimate of drug-likeness (QED) is 0.363. The van der Waals surface area contributed by atoms with Crippen LogP contribution >= 0.6 is 34.8 Å². The second-order valence-electron chi connectivity index (χ2n) is 4.31. The Labute approximate surface area is 132 Å². The summed E-state index contributed by atoms with van der Waals surface area (Å²) in [5.74, 6) is -4.44. The van der Waals surface area contributed by atoms with E-state index in [0.717, 1.165) is 10.8 Å². The number of hydrogen-bond acceptors (Lipinski definition) is 4. The fraction of sp³-hybridized carbons (Fsp3) is 0.273. The molecule has 112 valence electrons. The number of amides is 2. The Morgan fingerprint density at radius 3 is 2.38 bits per heavy atom. The normalized spacial score (nSPS) is 22.2. The lowest BCUT2D eigenvalue weighted by atomic mass is 9.96. The van der Waals surface area contributed by atoms with Crippen molar-refractivity contribution in [3.8, 4) is 0 Å². The molecule has 1 aliphatic rings. The molecule has 1 fully saturated rings. The molecule has 0 unspecified atom stereocenters. The molecule has 10 heteroatoms. The summed E-state index contributed by atoms with van der Waals surface area (Å²) in [7, 11) is 0. The van der Waals surface area contributed by atoms with Crippen LogP contribution in [0, 0.1) is 0 Å². The average molecular weight is 354 g/mol. The third-order valence-electron chi connectivity index (χ3n) is 3.05. The fourth-order valence-electron chi connectivity index (χ4n) is 2.10. The van der Waals surface area contributed by atoms with Crippen LogP contribution in [0.4, 0.5) is 0 Å². The summed E-state index contributed by atoms with van der Waals surface area (Å²) < 4.78 is -1.49. The Balaban J connectivity index is 2.63. The standard InChI is InChI=1S/C11H7Cl3N2O5/c12-11(13,14)7(18)5-2-1-3-16(5)10(9(20)21)4-6(17)15-8(10)19/h1-3H,4H2,(H,20,21)(H,15,17,19)/t10-/m1/s1. The molecule has 0 radical (unpaired) electrons. The maximum Gasteiger partial charge on any atom is 0.340 e. The second kappa shape index (κ2) is 5.01. The monoisotopic (exact) mass is 352 g/mol. The summed E-state index contributed by atoms with van der Waals surface area (Å²) in [4.78, 5) is 46.9. The number of aromatic nitrogens is 1. The Kier molecular flexibility index (Phi) is 3.77. The molecule has 1 aromatic rings. The number of carbonyl (C=O) groups excluding carboxylic acids is 3. The van der Waals surface area contributed by atoms with Crippen LogP contribution in [0.1, 0.15) is 16.9 Å². The van der Waals surface area contributed by atoms with Gasteiger partial charge in [0.2, 0.25) is 17.2 Å². The van der Waals surface area contributed by atoms with Crippen LogP contribution in [0.15, 0.2) is 18.3 Å². The first-order chi connectivity index (χ1) is 9.60. The van der Waals surface area contributed by atoms with Crippen LogP contribution in [-0.2, 0) is 19.9 Å². The van der Waals surface area contributed by atoms with Crippen molar-refractivity contribution in [2.75, 3.05) is 0 Å². The first-order valence-corrected chi connectivity index (χ1v) is 6.61. The molecule has 0 aliphatic carbocycles. The highest BCUT2D eigenvalue weighted by atomic mass is 35.6. The van der Waals surface area contributed by atoms with Gasteiger partial charge >= 0.3 is 5.97 Å². The van der Waals surface area contributed by atoms with E-state index in [1.54, 1.807) is 0 Å². The average Bonchev–Trinajstić information content (AvgIpc) is 2.91. The van der Waals surface area contributed by atoms with E-state index in [1.807, 2.05) is 5.32 Å². The van der Waals surface area contributed by atoms with E-state index < -0.39 is 39.3 Å². The zero-order valence-electron chi connectivity index (χ0n) is 10.1. The minimum absolute atomic E-state index is 0.303. The lowest BCUT2D eigenvalue weighted by Crippen LogP contribution is -2.49. The van der Waals surface area contributed by atoms with Crippen molar-refractivity contribution in [2.45, 2.75) is 15.8 Å². The van der Waals surface area contributed by atoms with Crippen LogP contribution in [0.3, 0.4) is 0 Å². The Bertz CT molecular complexity index is 663. The van der Waals surface area contributed by atoms with Crippen molar-refractivity contribution in [2.24, 2.45) is 0 Å². The molecule has 1 saturated heterocycles. The SMILES string of the molecule is O=C1C[C@@](C(=O)O)(n2cccc2C(=O)C(Cl)(Cl)Cl)C(=O)N1. The van der Waals surface area contributed by atoms with Crippen molar-refractivity contribution in [1.29, 1.82) is 0 Å². The summed E-state index contributed by atoms with van der Waals surface area (Å²) in [5, 5.41) is 11.3. The number of rotatable bonds is 3. The molecule has 1 aliphatic heterocycles. The Hall–Kier alpha value is -1.57. The molecule has 1 atom stereocenters. The van der Waals surface area contributed by atoms with Crippen LogP contribution in [0.2, 0.25) is 0 Å². The lowest BCUT2D eigenvalue weighted by molar-refractivity contribution is -0.152. The molecule has 0 aromatic carbocycles. The Morgan fingerprint density at radius 1 is 1.33 bits per heavy atom. The number of nitrogens with zero attached hydrogens (tertiary/aromatic N) is 1. The number of ketones is 1. The molecular formula is C11H7Cl3N2O5. The van der Waals surface area contributed by atoms with E-state index in [1.165, 1.54) is 12.1 Å². The van der Waals surface area contributed by atoms with E-state index in [-0.39, 0.29) is 5.69 Å². The van der Waals surface area contributed by atoms with Gasteiger partial charge in [0.05, 0.1) is 12.1 Å². The molecule has 2 heterocycles. The Morgan fingerprint density at radius 2 is 1.95 bits per heavy atom. The number of hydrogen-bond donors (Lipinski definition) is 2. The van der Waals surface area contributed by atoms with E-state index in [2.05, 4.69) is 0 Å². The van der Waals surface area contributed by atoms with E-state index >= 15 is 0 Å². The predicted octanol–water partition coefficient (Wildman–Crippen LogP) is 0.867. The van der Waals surface area contributed by atoms with Crippen molar-refractivity contribution in [3.63, 3.8) is 0 Å². The lowest BCUT2D eigenvalue weighted by Gasteiger charge is -2.25. The molecule has 0 spiro atoms. The number of Topliss-reactive ketones (excluding diaryl/α,β-unsaturated/α-hetero) is 1. The molecule has 7 nitrogen and oxygen atoms in total. The van der Waals surface area contributed by atoms with Crippen molar-refractivity contribution < 1.29 is 24.3 Å². The van der Waals surface area contributed by atoms with Gasteiger partial charge in [-0.2, -0.15) is 0 Å². The zero-order valence-corrected chi connectivity index (χ0v) is 12.4. The number of imide groups is 1. The maximum atomic E-state index is 12.0. The molecule has 1 aromatic heterocycles. The topological polar surface area (TPSA) is 105 Å². The second-order valence-corrected chi connectivity index (χ2v) is 6.59. The van der Waals surface area contributed by atoms with E-state index in [0.29, 0.717) is 0 Å². The van der Waals surface area contributed by atoms with Gasteiger partial charge < -0.3 is 9.67 Å². The van der Waals surface area contributed by atoms with E-state index in [4.69, 9.17) is 34.8 Å². The van der Waals surface area contributed by atoms with Crippen LogP contribution in [-0.4, -0.2) is 37.0 Å². The zero-order chi connectivity index (χ0) is 16.0. The summed E-state index contributed by atoms with van der Waals surface area (Å²) >= 11 is 16.5. The van der Waals surface area contributed by atoms with Gasteiger partial charge in [0, 0.05) is 6.20 Å². The highest BCUT2D eigenvalue weighted by Crippen LogP contribution is 2.34. The van der Waals surface area contributed by atoms with Gasteiger partial charge in [-0.25, -0.2) is 4.79 Å². The number of nitrogens with one attached hydrogen (secondary N) is 1. The first kappa shape index (κ1) is 15.8. The highest BCUT2D eigenvalue weighted by Gasteiger charge is 2.56. The summed E-state index contributed by atoms with van der Waals surface area (Å²) in [6.07, 6.45) is 0.506. The third kappa shape index (κ3) is 2.41. The number of carboxylic acid groups (broad SMARTS) is 1. The summed E-state index contributed by atoms with van der Waals surface area (Å²) in [6, 6.07) is 2.51. The van der Waals surface area contributed by atoms with Crippen LogP contribution < -0.4 is 5.32 Å². The minimum Gasteiger partial charge on any atom is -0.479 e. The number of aliphatic carboxylic acids is 1. The van der Waals surface area contributed by atoms with Crippen LogP contribution in [0.5, 0.6) is 0 Å². The van der Waals surface area contributed by atoms with Gasteiger partial charge in [-0.05, 0) is 12.1 Å². The highest BCUT2D eigenvalue weighted by molar-refractivity contribution is 6.77. The molecule has 0 saturated carbocycles. The van der Waals surface area contributed by atoms with Gasteiger partial charge in [0.25, 0.3) is 9.70 Å². The van der Waals surface area contributed by atoms with Crippen molar-refractivity contribution >= 4 is 58.4 Å². The smallest absolute Gasteiger partial charge is 0.340 e. The van der Waals surface area contributed by atoms with E-state index in [9.17, 15) is 24.3 Å². The van der Waals surface area contributed by atoms with Crippen LogP contribution in [0.25, 0.3) is 0 Å². The summed E-state index contributed by atoms with van der Waals surface area (Å²) in [6.45, 7) is 0. The summed E-state index contributed by atoms with van der Waals surface area (Å²) in [5.41, 5.74) is -2.58.